The molecule has 17 heavy (non-hydrogen) atoms. The first kappa shape index (κ1) is 10.8. The molecule has 2 aliphatic rings. The molecule has 1 unspecified atom stereocenters. The molecule has 0 radical (unpaired) electrons. The van der Waals surface area contributed by atoms with Gasteiger partial charge in [0.15, 0.2) is 0 Å². The van der Waals surface area contributed by atoms with E-state index in [0.29, 0.717) is 6.61 Å². The van der Waals surface area contributed by atoms with Gasteiger partial charge in [0.2, 0.25) is 0 Å². The Morgan fingerprint density at radius 3 is 2.82 bits per heavy atom. The molecule has 0 bridgehead atoms. The van der Waals surface area contributed by atoms with Crippen molar-refractivity contribution in [2.24, 2.45) is 0 Å². The van der Waals surface area contributed by atoms with Crippen LogP contribution in [0.1, 0.15) is 31.4 Å². The Kier molecular flexibility index (Phi) is 2.65. The number of hydrogen-bond donors (Lipinski definition) is 0. The number of allylic oxidation sites excluding steroid dienone is 2. The Balaban J connectivity index is 1.76. The van der Waals surface area contributed by atoms with Crippen molar-refractivity contribution in [2.75, 3.05) is 6.61 Å². The lowest BCUT2D eigenvalue weighted by Gasteiger charge is -2.31. The second-order valence-electron chi connectivity index (χ2n) is 4.47. The second-order valence-corrected chi connectivity index (χ2v) is 4.47. The molecule has 1 spiro atoms. The molecule has 0 aliphatic carbocycles. The van der Waals surface area contributed by atoms with Crippen molar-refractivity contribution < 1.29 is 14.2 Å². The van der Waals surface area contributed by atoms with Crippen molar-refractivity contribution in [3.63, 3.8) is 0 Å². The molecule has 3 heteroatoms. The normalized spacial score (nSPS) is 32.3. The zero-order valence-corrected chi connectivity index (χ0v) is 9.89. The molecular formula is C14H16O3. The van der Waals surface area contributed by atoms with Crippen LogP contribution in [0.15, 0.2) is 42.2 Å². The highest BCUT2D eigenvalue weighted by molar-refractivity contribution is 5.18. The fraction of sp³-hybridized carbons (Fsp3) is 0.429. The zero-order valence-electron chi connectivity index (χ0n) is 9.89. The summed E-state index contributed by atoms with van der Waals surface area (Å²) < 4.78 is 17.4. The first-order valence-electron chi connectivity index (χ1n) is 6.00. The molecule has 2 atom stereocenters. The molecule has 1 saturated heterocycles. The molecule has 2 aliphatic heterocycles. The maximum Gasteiger partial charge on any atom is 0.327 e. The summed E-state index contributed by atoms with van der Waals surface area (Å²) in [4.78, 5) is 0. The SMILES string of the molecule is CC1=CCCC2(OC[C@H](c3ccccc3)O2)O1. The molecule has 3 nitrogen and oxygen atoms in total. The van der Waals surface area contributed by atoms with Crippen LogP contribution in [0.3, 0.4) is 0 Å². The van der Waals surface area contributed by atoms with Crippen molar-refractivity contribution in [1.29, 1.82) is 0 Å². The van der Waals surface area contributed by atoms with Crippen LogP contribution in [-0.4, -0.2) is 12.6 Å². The predicted molar refractivity (Wildman–Crippen MR) is 63.0 cm³/mol. The maximum atomic E-state index is 5.96. The van der Waals surface area contributed by atoms with Crippen LogP contribution in [0.4, 0.5) is 0 Å². The van der Waals surface area contributed by atoms with Crippen LogP contribution >= 0.6 is 0 Å². The van der Waals surface area contributed by atoms with Gasteiger partial charge >= 0.3 is 5.97 Å². The quantitative estimate of drug-likeness (QED) is 0.744. The summed E-state index contributed by atoms with van der Waals surface area (Å²) in [6, 6.07) is 10.1. The minimum Gasteiger partial charge on any atom is -0.444 e. The molecular weight excluding hydrogens is 216 g/mol. The standard InChI is InChI=1S/C14H16O3/c1-11-6-5-9-14(16-11)15-10-13(17-14)12-7-3-2-4-8-12/h2-4,6-8,13H,5,9-10H2,1H3/t13-,14?/m1/s1. The van der Waals surface area contributed by atoms with Gasteiger partial charge in [-0.25, -0.2) is 0 Å². The summed E-state index contributed by atoms with van der Waals surface area (Å²) in [5, 5.41) is 0. The minimum atomic E-state index is -0.848. The first-order chi connectivity index (χ1) is 8.27. The van der Waals surface area contributed by atoms with E-state index in [2.05, 4.69) is 18.2 Å². The van der Waals surface area contributed by atoms with Crippen molar-refractivity contribution in [3.05, 3.63) is 47.7 Å². The van der Waals surface area contributed by atoms with Gasteiger partial charge in [0.25, 0.3) is 0 Å². The van der Waals surface area contributed by atoms with Crippen LogP contribution in [0, 0.1) is 0 Å². The van der Waals surface area contributed by atoms with E-state index in [0.717, 1.165) is 24.2 Å². The van der Waals surface area contributed by atoms with Crippen molar-refractivity contribution in [1.82, 2.24) is 0 Å². The van der Waals surface area contributed by atoms with Gasteiger partial charge in [-0.3, -0.25) is 0 Å². The third-order valence-corrected chi connectivity index (χ3v) is 3.15. The number of hydrogen-bond acceptors (Lipinski definition) is 3. The van der Waals surface area contributed by atoms with Gasteiger partial charge in [-0.2, -0.15) is 0 Å². The largest absolute Gasteiger partial charge is 0.444 e. The van der Waals surface area contributed by atoms with Crippen molar-refractivity contribution >= 4 is 0 Å². The molecule has 3 rings (SSSR count). The topological polar surface area (TPSA) is 27.7 Å². The van der Waals surface area contributed by atoms with E-state index in [9.17, 15) is 0 Å². The number of rotatable bonds is 1. The number of ether oxygens (including phenoxy) is 3. The maximum absolute atomic E-state index is 5.96. The van der Waals surface area contributed by atoms with Crippen LogP contribution in [0.25, 0.3) is 0 Å². The molecule has 0 aromatic heterocycles. The molecule has 0 saturated carbocycles. The van der Waals surface area contributed by atoms with E-state index in [-0.39, 0.29) is 6.10 Å². The summed E-state index contributed by atoms with van der Waals surface area (Å²) in [6.45, 7) is 2.49. The van der Waals surface area contributed by atoms with Crippen LogP contribution in [0.2, 0.25) is 0 Å². The fourth-order valence-electron chi connectivity index (χ4n) is 2.29. The van der Waals surface area contributed by atoms with Gasteiger partial charge in [0.05, 0.1) is 12.4 Å². The van der Waals surface area contributed by atoms with Crippen LogP contribution < -0.4 is 0 Å². The van der Waals surface area contributed by atoms with E-state index in [4.69, 9.17) is 14.2 Å². The summed E-state index contributed by atoms with van der Waals surface area (Å²) in [5.41, 5.74) is 1.14. The lowest BCUT2D eigenvalue weighted by atomic mass is 10.1. The van der Waals surface area contributed by atoms with Crippen LogP contribution in [0.5, 0.6) is 0 Å². The number of benzene rings is 1. The Bertz CT molecular complexity index is 426. The minimum absolute atomic E-state index is 0.0258. The highest BCUT2D eigenvalue weighted by Gasteiger charge is 2.45. The van der Waals surface area contributed by atoms with Gasteiger partial charge in [-0.1, -0.05) is 30.3 Å². The highest BCUT2D eigenvalue weighted by Crippen LogP contribution is 2.40. The van der Waals surface area contributed by atoms with E-state index in [1.165, 1.54) is 0 Å². The Morgan fingerprint density at radius 1 is 1.24 bits per heavy atom. The molecule has 0 N–H and O–H groups in total. The Hall–Kier alpha value is -1.32. The summed E-state index contributed by atoms with van der Waals surface area (Å²) >= 11 is 0. The predicted octanol–water partition coefficient (Wildman–Crippen LogP) is 3.14. The average Bonchev–Trinajstić information content (AvgIpc) is 2.74. The van der Waals surface area contributed by atoms with Gasteiger partial charge in [-0.15, -0.1) is 0 Å². The van der Waals surface area contributed by atoms with E-state index in [1.807, 2.05) is 25.1 Å². The average molecular weight is 232 g/mol. The van der Waals surface area contributed by atoms with Gasteiger partial charge in [0, 0.05) is 6.42 Å². The molecule has 1 aromatic rings. The molecule has 1 aromatic carbocycles. The Morgan fingerprint density at radius 2 is 2.06 bits per heavy atom. The summed E-state index contributed by atoms with van der Waals surface area (Å²) in [7, 11) is 0. The first-order valence-corrected chi connectivity index (χ1v) is 6.00. The van der Waals surface area contributed by atoms with E-state index >= 15 is 0 Å². The fourth-order valence-corrected chi connectivity index (χ4v) is 2.29. The Labute approximate surface area is 101 Å². The van der Waals surface area contributed by atoms with Gasteiger partial charge < -0.3 is 14.2 Å². The summed E-state index contributed by atoms with van der Waals surface area (Å²) in [6.07, 6.45) is 3.73. The van der Waals surface area contributed by atoms with E-state index < -0.39 is 5.97 Å². The molecule has 1 fully saturated rings. The molecule has 90 valence electrons. The molecule has 2 heterocycles. The van der Waals surface area contributed by atoms with E-state index in [1.54, 1.807) is 0 Å². The smallest absolute Gasteiger partial charge is 0.327 e. The van der Waals surface area contributed by atoms with Gasteiger partial charge in [-0.05, 0) is 25.0 Å². The van der Waals surface area contributed by atoms with Crippen LogP contribution in [-0.2, 0) is 14.2 Å². The zero-order chi connectivity index (χ0) is 11.7. The highest BCUT2D eigenvalue weighted by atomic mass is 16.9. The second kappa shape index (κ2) is 4.17. The van der Waals surface area contributed by atoms with Gasteiger partial charge in [0.1, 0.15) is 6.10 Å². The lowest BCUT2D eigenvalue weighted by molar-refractivity contribution is -0.327. The third kappa shape index (κ3) is 2.08. The lowest BCUT2D eigenvalue weighted by Crippen LogP contribution is -2.35. The summed E-state index contributed by atoms with van der Waals surface area (Å²) in [5.74, 6) is 0.0317. The monoisotopic (exact) mass is 232 g/mol. The third-order valence-electron chi connectivity index (χ3n) is 3.15. The van der Waals surface area contributed by atoms with Crippen molar-refractivity contribution in [2.45, 2.75) is 31.8 Å². The van der Waals surface area contributed by atoms with Crippen molar-refractivity contribution in [3.8, 4) is 0 Å². The molecule has 0 amide bonds.